The predicted molar refractivity (Wildman–Crippen MR) is 79.6 cm³/mol. The Morgan fingerprint density at radius 1 is 1.39 bits per heavy atom. The van der Waals surface area contributed by atoms with Gasteiger partial charge in [0.15, 0.2) is 0 Å². The van der Waals surface area contributed by atoms with Crippen LogP contribution in [0.25, 0.3) is 21.5 Å². The number of aromatic nitrogens is 2. The molecule has 0 fully saturated rings. The Hall–Kier alpha value is -1.17. The molecule has 3 rings (SSSR count). The molecular weight excluding hydrogens is 310 g/mol. The summed E-state index contributed by atoms with van der Waals surface area (Å²) < 4.78 is 3.15. The minimum absolute atomic E-state index is 0.460. The van der Waals surface area contributed by atoms with E-state index in [0.29, 0.717) is 6.54 Å². The number of benzene rings is 1. The summed E-state index contributed by atoms with van der Waals surface area (Å²) in [4.78, 5) is 4.60. The fourth-order valence-corrected chi connectivity index (χ4v) is 3.64. The Morgan fingerprint density at radius 2 is 2.17 bits per heavy atom. The van der Waals surface area contributed by atoms with Crippen molar-refractivity contribution < 1.29 is 0 Å². The number of nitrogens with zero attached hydrogens (tertiary/aromatic N) is 2. The molecule has 5 heteroatoms. The zero-order valence-electron chi connectivity index (χ0n) is 9.85. The molecule has 0 unspecified atom stereocenters. The standard InChI is InChI=1S/C13H12BrN3S/c1-17-7-9(8-4-2-3-5-11(8)17)13-16-10(6-15)12(14)18-13/h2-5,7H,6,15H2,1H3. The molecule has 1 aromatic carbocycles. The molecule has 0 bridgehead atoms. The maximum absolute atomic E-state index is 5.67. The number of nitrogens with two attached hydrogens (primary N) is 1. The summed E-state index contributed by atoms with van der Waals surface area (Å²) in [5.74, 6) is 0. The van der Waals surface area contributed by atoms with Crippen LogP contribution in [0, 0.1) is 0 Å². The van der Waals surface area contributed by atoms with Gasteiger partial charge in [0.1, 0.15) is 5.01 Å². The molecule has 0 radical (unpaired) electrons. The average Bonchev–Trinajstić information content (AvgIpc) is 2.91. The quantitative estimate of drug-likeness (QED) is 0.784. The first-order chi connectivity index (χ1) is 8.70. The molecule has 0 aliphatic heterocycles. The van der Waals surface area contributed by atoms with E-state index in [1.165, 1.54) is 16.5 Å². The van der Waals surface area contributed by atoms with E-state index >= 15 is 0 Å². The topological polar surface area (TPSA) is 43.8 Å². The molecule has 0 aliphatic rings. The van der Waals surface area contributed by atoms with E-state index in [2.05, 4.69) is 63.0 Å². The van der Waals surface area contributed by atoms with Gasteiger partial charge in [-0.05, 0) is 22.0 Å². The molecule has 0 spiro atoms. The van der Waals surface area contributed by atoms with Gasteiger partial charge in [0.05, 0.1) is 9.48 Å². The fourth-order valence-electron chi connectivity index (χ4n) is 2.09. The van der Waals surface area contributed by atoms with Crippen LogP contribution in [-0.2, 0) is 13.6 Å². The van der Waals surface area contributed by atoms with Crippen LogP contribution >= 0.6 is 27.3 Å². The van der Waals surface area contributed by atoms with Gasteiger partial charge in [0, 0.05) is 36.3 Å². The summed E-state index contributed by atoms with van der Waals surface area (Å²) in [6.45, 7) is 0.460. The maximum atomic E-state index is 5.67. The Labute approximate surface area is 117 Å². The first kappa shape index (κ1) is 11.9. The van der Waals surface area contributed by atoms with Crippen LogP contribution in [0.15, 0.2) is 34.2 Å². The monoisotopic (exact) mass is 321 g/mol. The van der Waals surface area contributed by atoms with Crippen molar-refractivity contribution in [2.75, 3.05) is 0 Å². The van der Waals surface area contributed by atoms with E-state index in [4.69, 9.17) is 5.73 Å². The molecule has 2 aromatic heterocycles. The van der Waals surface area contributed by atoms with Gasteiger partial charge in [-0.15, -0.1) is 11.3 Å². The third kappa shape index (κ3) is 1.79. The van der Waals surface area contributed by atoms with Gasteiger partial charge in [-0.3, -0.25) is 0 Å². The number of rotatable bonds is 2. The van der Waals surface area contributed by atoms with Gasteiger partial charge in [-0.2, -0.15) is 0 Å². The Bertz CT molecular complexity index is 714. The van der Waals surface area contributed by atoms with Gasteiger partial charge in [0.2, 0.25) is 0 Å². The largest absolute Gasteiger partial charge is 0.350 e. The second-order valence-electron chi connectivity index (χ2n) is 4.11. The Morgan fingerprint density at radius 3 is 2.89 bits per heavy atom. The van der Waals surface area contributed by atoms with Gasteiger partial charge >= 0.3 is 0 Å². The normalized spacial score (nSPS) is 11.3. The van der Waals surface area contributed by atoms with Crippen LogP contribution in [0.4, 0.5) is 0 Å². The lowest BCUT2D eigenvalue weighted by atomic mass is 10.2. The van der Waals surface area contributed by atoms with Gasteiger partial charge in [-0.25, -0.2) is 4.98 Å². The second kappa shape index (κ2) is 4.50. The van der Waals surface area contributed by atoms with Gasteiger partial charge < -0.3 is 10.3 Å². The molecule has 3 aromatic rings. The van der Waals surface area contributed by atoms with Crippen molar-refractivity contribution in [1.29, 1.82) is 0 Å². The van der Waals surface area contributed by atoms with Crippen LogP contribution in [0.1, 0.15) is 5.69 Å². The van der Waals surface area contributed by atoms with Crippen molar-refractivity contribution in [3.63, 3.8) is 0 Å². The summed E-state index contributed by atoms with van der Waals surface area (Å²) in [5, 5.41) is 2.24. The van der Waals surface area contributed by atoms with Crippen LogP contribution in [-0.4, -0.2) is 9.55 Å². The lowest BCUT2D eigenvalue weighted by Gasteiger charge is -1.93. The number of halogens is 1. The van der Waals surface area contributed by atoms with Crippen LogP contribution in [0.2, 0.25) is 0 Å². The lowest BCUT2D eigenvalue weighted by Crippen LogP contribution is -1.96. The number of hydrogen-bond acceptors (Lipinski definition) is 3. The predicted octanol–water partition coefficient (Wildman–Crippen LogP) is 3.52. The maximum Gasteiger partial charge on any atom is 0.126 e. The Balaban J connectivity index is 2.25. The van der Waals surface area contributed by atoms with E-state index in [0.717, 1.165) is 14.5 Å². The molecule has 92 valence electrons. The van der Waals surface area contributed by atoms with Crippen molar-refractivity contribution in [2.24, 2.45) is 12.8 Å². The molecule has 0 amide bonds. The van der Waals surface area contributed by atoms with E-state index in [1.807, 2.05) is 0 Å². The smallest absolute Gasteiger partial charge is 0.126 e. The summed E-state index contributed by atoms with van der Waals surface area (Å²) in [7, 11) is 2.05. The van der Waals surface area contributed by atoms with E-state index in [-0.39, 0.29) is 0 Å². The van der Waals surface area contributed by atoms with E-state index < -0.39 is 0 Å². The molecule has 2 heterocycles. The third-order valence-corrected chi connectivity index (χ3v) is 4.83. The van der Waals surface area contributed by atoms with Crippen molar-refractivity contribution in [1.82, 2.24) is 9.55 Å². The number of aryl methyl sites for hydroxylation is 1. The van der Waals surface area contributed by atoms with Crippen LogP contribution < -0.4 is 5.73 Å². The second-order valence-corrected chi connectivity index (χ2v) is 6.43. The zero-order valence-corrected chi connectivity index (χ0v) is 12.3. The number of fused-ring (bicyclic) bond motifs is 1. The first-order valence-corrected chi connectivity index (χ1v) is 7.21. The SMILES string of the molecule is Cn1cc(-c2nc(CN)c(Br)s2)c2ccccc21. The summed E-state index contributed by atoms with van der Waals surface area (Å²) >= 11 is 5.15. The highest BCUT2D eigenvalue weighted by Crippen LogP contribution is 2.36. The first-order valence-electron chi connectivity index (χ1n) is 5.60. The minimum Gasteiger partial charge on any atom is -0.350 e. The van der Waals surface area contributed by atoms with Crippen molar-refractivity contribution >= 4 is 38.2 Å². The summed E-state index contributed by atoms with van der Waals surface area (Å²) in [6.07, 6.45) is 2.12. The number of thiazole rings is 1. The fraction of sp³-hybridized carbons (Fsp3) is 0.154. The van der Waals surface area contributed by atoms with E-state index in [1.54, 1.807) is 11.3 Å². The molecule has 0 atom stereocenters. The lowest BCUT2D eigenvalue weighted by molar-refractivity contribution is 0.968. The molecular formula is C13H12BrN3S. The summed E-state index contributed by atoms with van der Waals surface area (Å²) in [6, 6.07) is 8.35. The highest BCUT2D eigenvalue weighted by molar-refractivity contribution is 9.11. The van der Waals surface area contributed by atoms with Crippen LogP contribution in [0.3, 0.4) is 0 Å². The van der Waals surface area contributed by atoms with Crippen molar-refractivity contribution in [2.45, 2.75) is 6.54 Å². The Kier molecular flexibility index (Phi) is 2.97. The molecule has 0 aliphatic carbocycles. The molecule has 0 saturated carbocycles. The van der Waals surface area contributed by atoms with Gasteiger partial charge in [-0.1, -0.05) is 18.2 Å². The molecule has 0 saturated heterocycles. The van der Waals surface area contributed by atoms with Crippen molar-refractivity contribution in [3.05, 3.63) is 39.9 Å². The van der Waals surface area contributed by atoms with Gasteiger partial charge in [0.25, 0.3) is 0 Å². The molecule has 3 nitrogen and oxygen atoms in total. The average molecular weight is 322 g/mol. The molecule has 2 N–H and O–H groups in total. The number of para-hydroxylation sites is 1. The van der Waals surface area contributed by atoms with Crippen molar-refractivity contribution in [3.8, 4) is 10.6 Å². The molecule has 18 heavy (non-hydrogen) atoms. The summed E-state index contributed by atoms with van der Waals surface area (Å²) in [5.41, 5.74) is 8.97. The zero-order chi connectivity index (χ0) is 12.7. The van der Waals surface area contributed by atoms with E-state index in [9.17, 15) is 0 Å². The highest BCUT2D eigenvalue weighted by Gasteiger charge is 2.14. The minimum atomic E-state index is 0.460. The van der Waals surface area contributed by atoms with Crippen LogP contribution in [0.5, 0.6) is 0 Å². The number of hydrogen-bond donors (Lipinski definition) is 1. The highest BCUT2D eigenvalue weighted by atomic mass is 79.9. The third-order valence-electron chi connectivity index (χ3n) is 2.97.